The van der Waals surface area contributed by atoms with Gasteiger partial charge in [0.15, 0.2) is 12.2 Å². The van der Waals surface area contributed by atoms with Crippen molar-refractivity contribution in [2.24, 2.45) is 0 Å². The number of hydrogen-bond acceptors (Lipinski definition) is 7. The Hall–Kier alpha value is -3.75. The molecule has 0 radical (unpaired) electrons. The highest BCUT2D eigenvalue weighted by molar-refractivity contribution is 5.94. The van der Waals surface area contributed by atoms with Crippen LogP contribution in [0.25, 0.3) is 11.0 Å². The molecule has 1 heterocycles. The summed E-state index contributed by atoms with van der Waals surface area (Å²) in [6.07, 6.45) is -0.124. The summed E-state index contributed by atoms with van der Waals surface area (Å²) < 4.78 is 10.1. The zero-order valence-electron chi connectivity index (χ0n) is 14.3. The molecular weight excluding hydrogens is 354 g/mol. The van der Waals surface area contributed by atoms with E-state index in [2.05, 4.69) is 10.5 Å². The minimum atomic E-state index is -0.621. The highest BCUT2D eigenvalue weighted by Gasteiger charge is 2.15. The first-order chi connectivity index (χ1) is 12.9. The van der Waals surface area contributed by atoms with Crippen molar-refractivity contribution in [3.8, 4) is 0 Å². The summed E-state index contributed by atoms with van der Waals surface area (Å²) in [6, 6.07) is 11.2. The van der Waals surface area contributed by atoms with Crippen molar-refractivity contribution in [1.82, 2.24) is 5.16 Å². The molecule has 0 aliphatic carbocycles. The zero-order chi connectivity index (χ0) is 19.4. The van der Waals surface area contributed by atoms with Gasteiger partial charge in [0.25, 0.3) is 11.6 Å². The number of amides is 1. The molecule has 1 aromatic heterocycles. The number of hydrogen-bond donors (Lipinski definition) is 1. The van der Waals surface area contributed by atoms with Gasteiger partial charge >= 0.3 is 5.97 Å². The van der Waals surface area contributed by atoms with E-state index in [0.29, 0.717) is 27.9 Å². The van der Waals surface area contributed by atoms with Gasteiger partial charge in [0.2, 0.25) is 0 Å². The second-order valence-electron chi connectivity index (χ2n) is 5.77. The Morgan fingerprint density at radius 3 is 2.78 bits per heavy atom. The van der Waals surface area contributed by atoms with Gasteiger partial charge in [-0.15, -0.1) is 0 Å². The molecule has 3 rings (SSSR count). The van der Waals surface area contributed by atoms with Crippen molar-refractivity contribution in [1.29, 1.82) is 0 Å². The molecule has 0 aliphatic rings. The van der Waals surface area contributed by atoms with Crippen LogP contribution in [0, 0.1) is 17.0 Å². The van der Waals surface area contributed by atoms with Gasteiger partial charge in [0.1, 0.15) is 5.69 Å². The third-order valence-electron chi connectivity index (χ3n) is 3.82. The fourth-order valence-electron chi connectivity index (χ4n) is 2.49. The van der Waals surface area contributed by atoms with Crippen LogP contribution >= 0.6 is 0 Å². The molecule has 0 saturated heterocycles. The van der Waals surface area contributed by atoms with Gasteiger partial charge in [0.05, 0.1) is 11.3 Å². The summed E-state index contributed by atoms with van der Waals surface area (Å²) in [5.41, 5.74) is 1.85. The first-order valence-electron chi connectivity index (χ1n) is 7.98. The van der Waals surface area contributed by atoms with Gasteiger partial charge in [-0.1, -0.05) is 17.3 Å². The van der Waals surface area contributed by atoms with E-state index in [4.69, 9.17) is 9.26 Å². The van der Waals surface area contributed by atoms with Gasteiger partial charge in [0, 0.05) is 23.2 Å². The van der Waals surface area contributed by atoms with E-state index in [-0.39, 0.29) is 12.1 Å². The number of para-hydroxylation sites is 1. The highest BCUT2D eigenvalue weighted by atomic mass is 16.6. The molecule has 27 heavy (non-hydrogen) atoms. The summed E-state index contributed by atoms with van der Waals surface area (Å²) >= 11 is 0. The number of non-ortho nitro benzene ring substituents is 1. The van der Waals surface area contributed by atoms with Crippen LogP contribution in [-0.4, -0.2) is 28.6 Å². The predicted octanol–water partition coefficient (Wildman–Crippen LogP) is 2.77. The van der Waals surface area contributed by atoms with Crippen LogP contribution in [-0.2, 0) is 20.7 Å². The maximum absolute atomic E-state index is 11.9. The molecule has 9 heteroatoms. The van der Waals surface area contributed by atoms with Gasteiger partial charge in [-0.3, -0.25) is 19.7 Å². The number of aryl methyl sites for hydroxylation is 1. The number of carbonyl (C=O) groups is 2. The zero-order valence-corrected chi connectivity index (χ0v) is 14.3. The van der Waals surface area contributed by atoms with Crippen LogP contribution in [0.5, 0.6) is 0 Å². The highest BCUT2D eigenvalue weighted by Crippen LogP contribution is 2.21. The third kappa shape index (κ3) is 4.27. The molecule has 9 nitrogen and oxygen atoms in total. The Balaban J connectivity index is 1.54. The van der Waals surface area contributed by atoms with E-state index in [9.17, 15) is 19.7 Å². The number of aromatic nitrogens is 1. The van der Waals surface area contributed by atoms with Crippen LogP contribution in [0.3, 0.4) is 0 Å². The molecule has 1 amide bonds. The normalized spacial score (nSPS) is 10.6. The molecule has 2 aromatic carbocycles. The summed E-state index contributed by atoms with van der Waals surface area (Å²) in [6.45, 7) is 1.15. The van der Waals surface area contributed by atoms with Crippen LogP contribution in [0.1, 0.15) is 11.3 Å². The maximum Gasteiger partial charge on any atom is 0.312 e. The average Bonchev–Trinajstić information content (AvgIpc) is 3.04. The summed E-state index contributed by atoms with van der Waals surface area (Å²) in [5.74, 6) is -1.17. The largest absolute Gasteiger partial charge is 0.455 e. The van der Waals surface area contributed by atoms with Gasteiger partial charge in [-0.2, -0.15) is 0 Å². The standard InChI is InChI=1S/C18H15N3O6/c1-11-8-12(21(24)25)6-7-14(11)19-17(22)10-26-18(23)9-15-13-4-2-3-5-16(13)27-20-15/h2-8H,9-10H2,1H3,(H,19,22). The lowest BCUT2D eigenvalue weighted by atomic mass is 10.2. The number of esters is 1. The summed E-state index contributed by atoms with van der Waals surface area (Å²) in [4.78, 5) is 34.1. The summed E-state index contributed by atoms with van der Waals surface area (Å²) in [7, 11) is 0. The van der Waals surface area contributed by atoms with E-state index in [1.807, 2.05) is 0 Å². The number of anilines is 1. The number of benzene rings is 2. The van der Waals surface area contributed by atoms with Crippen molar-refractivity contribution in [3.05, 3.63) is 63.8 Å². The number of carbonyl (C=O) groups excluding carboxylic acids is 2. The smallest absolute Gasteiger partial charge is 0.312 e. The lowest BCUT2D eigenvalue weighted by Crippen LogP contribution is -2.22. The van der Waals surface area contributed by atoms with E-state index in [1.54, 1.807) is 31.2 Å². The topological polar surface area (TPSA) is 125 Å². The number of ether oxygens (including phenoxy) is 1. The van der Waals surface area contributed by atoms with E-state index in [1.165, 1.54) is 18.2 Å². The Morgan fingerprint density at radius 2 is 2.04 bits per heavy atom. The molecule has 0 atom stereocenters. The Kier molecular flexibility index (Phi) is 5.11. The first kappa shape index (κ1) is 18.1. The average molecular weight is 369 g/mol. The molecule has 0 aliphatic heterocycles. The molecule has 0 spiro atoms. The number of nitro benzene ring substituents is 1. The van der Waals surface area contributed by atoms with Crippen molar-refractivity contribution < 1.29 is 23.8 Å². The fraction of sp³-hybridized carbons (Fsp3) is 0.167. The van der Waals surface area contributed by atoms with Crippen LogP contribution in [0.2, 0.25) is 0 Å². The molecular formula is C18H15N3O6. The summed E-state index contributed by atoms with van der Waals surface area (Å²) in [5, 5.41) is 17.8. The third-order valence-corrected chi connectivity index (χ3v) is 3.82. The van der Waals surface area contributed by atoms with Crippen molar-refractivity contribution >= 4 is 34.2 Å². The van der Waals surface area contributed by atoms with Crippen molar-refractivity contribution in [2.75, 3.05) is 11.9 Å². The monoisotopic (exact) mass is 369 g/mol. The molecule has 0 unspecified atom stereocenters. The molecule has 3 aromatic rings. The number of nitrogens with one attached hydrogen (secondary N) is 1. The molecule has 0 saturated carbocycles. The molecule has 1 N–H and O–H groups in total. The van der Waals surface area contributed by atoms with Crippen molar-refractivity contribution in [3.63, 3.8) is 0 Å². The second-order valence-corrected chi connectivity index (χ2v) is 5.77. The van der Waals surface area contributed by atoms with Crippen molar-refractivity contribution in [2.45, 2.75) is 13.3 Å². The minimum absolute atomic E-state index is 0.0724. The number of rotatable bonds is 6. The van der Waals surface area contributed by atoms with Gasteiger partial charge in [-0.25, -0.2) is 0 Å². The maximum atomic E-state index is 11.9. The van der Waals surface area contributed by atoms with Crippen LogP contribution in [0.15, 0.2) is 47.0 Å². The van der Waals surface area contributed by atoms with E-state index < -0.39 is 23.4 Å². The minimum Gasteiger partial charge on any atom is -0.455 e. The SMILES string of the molecule is Cc1cc([N+](=O)[O-])ccc1NC(=O)COC(=O)Cc1noc2ccccc12. The first-order valence-corrected chi connectivity index (χ1v) is 7.98. The quantitative estimate of drug-likeness (QED) is 0.402. The van der Waals surface area contributed by atoms with Crippen LogP contribution < -0.4 is 5.32 Å². The Labute approximate surface area is 153 Å². The Morgan fingerprint density at radius 1 is 1.26 bits per heavy atom. The molecule has 138 valence electrons. The number of fused-ring (bicyclic) bond motifs is 1. The van der Waals surface area contributed by atoms with E-state index in [0.717, 1.165) is 0 Å². The Bertz CT molecular complexity index is 1030. The second kappa shape index (κ2) is 7.65. The lowest BCUT2D eigenvalue weighted by Gasteiger charge is -2.08. The van der Waals surface area contributed by atoms with Gasteiger partial charge < -0.3 is 14.6 Å². The molecule has 0 bridgehead atoms. The predicted molar refractivity (Wildman–Crippen MR) is 95.1 cm³/mol. The number of nitrogens with zero attached hydrogens (tertiary/aromatic N) is 2. The van der Waals surface area contributed by atoms with Gasteiger partial charge in [-0.05, 0) is 30.7 Å². The fourth-order valence-corrected chi connectivity index (χ4v) is 2.49. The van der Waals surface area contributed by atoms with E-state index >= 15 is 0 Å². The lowest BCUT2D eigenvalue weighted by molar-refractivity contribution is -0.384. The van der Waals surface area contributed by atoms with Crippen LogP contribution in [0.4, 0.5) is 11.4 Å². The molecule has 0 fully saturated rings. The number of nitro groups is 1.